The Morgan fingerprint density at radius 1 is 1.26 bits per heavy atom. The van der Waals surface area contributed by atoms with E-state index in [1.165, 1.54) is 11.1 Å². The summed E-state index contributed by atoms with van der Waals surface area (Å²) in [4.78, 5) is 14.4. The summed E-state index contributed by atoms with van der Waals surface area (Å²) in [7, 11) is -3.13. The minimum absolute atomic E-state index is 0.107. The second-order valence-electron chi connectivity index (χ2n) is 6.58. The monoisotopic (exact) mass is 338 g/mol. The van der Waals surface area contributed by atoms with Crippen LogP contribution in [0, 0.1) is 5.92 Å². The van der Waals surface area contributed by atoms with Gasteiger partial charge in [-0.25, -0.2) is 8.42 Å². The molecular weight excluding hydrogens is 312 g/mol. The number of amides is 1. The fourth-order valence-corrected chi connectivity index (χ4v) is 4.03. The number of nitrogens with one attached hydrogen (secondary N) is 1. The zero-order chi connectivity index (χ0) is 17.0. The van der Waals surface area contributed by atoms with Crippen LogP contribution in [0.1, 0.15) is 25.0 Å². The summed E-state index contributed by atoms with van der Waals surface area (Å²) in [6.07, 6.45) is 2.18. The van der Waals surface area contributed by atoms with E-state index in [0.717, 1.165) is 25.8 Å². The van der Waals surface area contributed by atoms with Gasteiger partial charge < -0.3 is 5.32 Å². The van der Waals surface area contributed by atoms with Gasteiger partial charge in [0, 0.05) is 37.8 Å². The summed E-state index contributed by atoms with van der Waals surface area (Å²) in [5.74, 6) is -0.816. The van der Waals surface area contributed by atoms with Gasteiger partial charge >= 0.3 is 0 Å². The van der Waals surface area contributed by atoms with Crippen molar-refractivity contribution in [3.05, 3.63) is 35.4 Å². The molecule has 1 heterocycles. The van der Waals surface area contributed by atoms with Crippen molar-refractivity contribution in [2.75, 3.05) is 25.1 Å². The first-order valence-electron chi connectivity index (χ1n) is 8.02. The molecule has 1 amide bonds. The highest BCUT2D eigenvalue weighted by Gasteiger charge is 2.22. The summed E-state index contributed by atoms with van der Waals surface area (Å²) < 4.78 is 22.5. The second-order valence-corrected chi connectivity index (χ2v) is 8.76. The normalized spacial score (nSPS) is 18.0. The van der Waals surface area contributed by atoms with Crippen LogP contribution < -0.4 is 5.32 Å². The van der Waals surface area contributed by atoms with E-state index in [9.17, 15) is 13.2 Å². The van der Waals surface area contributed by atoms with Gasteiger partial charge in [0.1, 0.15) is 9.84 Å². The average Bonchev–Trinajstić information content (AvgIpc) is 2.50. The predicted molar refractivity (Wildman–Crippen MR) is 91.9 cm³/mol. The van der Waals surface area contributed by atoms with E-state index < -0.39 is 15.8 Å². The molecule has 0 spiro atoms. The molecule has 0 aromatic heterocycles. The van der Waals surface area contributed by atoms with Crippen LogP contribution in [0.2, 0.25) is 0 Å². The van der Waals surface area contributed by atoms with Gasteiger partial charge in [0.2, 0.25) is 5.91 Å². The Labute approximate surface area is 139 Å². The SMILES string of the molecule is CC(CS(C)(=O)=O)C(=O)NCC(C)N1CCc2ccccc2C1. The van der Waals surface area contributed by atoms with E-state index in [1.807, 2.05) is 0 Å². The zero-order valence-electron chi connectivity index (χ0n) is 14.1. The van der Waals surface area contributed by atoms with Crippen molar-refractivity contribution in [3.8, 4) is 0 Å². The fourth-order valence-electron chi connectivity index (χ4n) is 2.98. The van der Waals surface area contributed by atoms with Crippen molar-refractivity contribution >= 4 is 15.7 Å². The van der Waals surface area contributed by atoms with Crippen LogP contribution in [0.4, 0.5) is 0 Å². The van der Waals surface area contributed by atoms with Gasteiger partial charge in [0.25, 0.3) is 0 Å². The highest BCUT2D eigenvalue weighted by molar-refractivity contribution is 7.90. The van der Waals surface area contributed by atoms with Gasteiger partial charge in [-0.05, 0) is 24.5 Å². The van der Waals surface area contributed by atoms with Crippen LogP contribution in [0.3, 0.4) is 0 Å². The lowest BCUT2D eigenvalue weighted by Crippen LogP contribution is -2.45. The van der Waals surface area contributed by atoms with Gasteiger partial charge in [0.05, 0.1) is 5.75 Å². The lowest BCUT2D eigenvalue weighted by atomic mass is 9.99. The Morgan fingerprint density at radius 3 is 2.57 bits per heavy atom. The van der Waals surface area contributed by atoms with Crippen LogP contribution in [0.15, 0.2) is 24.3 Å². The fraction of sp³-hybridized carbons (Fsp3) is 0.588. The summed E-state index contributed by atoms with van der Waals surface area (Å²) in [6, 6.07) is 8.67. The predicted octanol–water partition coefficient (Wildman–Crippen LogP) is 1.23. The molecule has 0 aliphatic carbocycles. The van der Waals surface area contributed by atoms with Crippen LogP contribution in [-0.2, 0) is 27.6 Å². The van der Waals surface area contributed by atoms with Crippen LogP contribution in [0.5, 0.6) is 0 Å². The molecule has 6 heteroatoms. The number of sulfone groups is 1. The maximum absolute atomic E-state index is 12.0. The Kier molecular flexibility index (Phi) is 5.81. The first-order chi connectivity index (χ1) is 10.8. The van der Waals surface area contributed by atoms with E-state index in [1.54, 1.807) is 6.92 Å². The Hall–Kier alpha value is -1.40. The molecule has 23 heavy (non-hydrogen) atoms. The van der Waals surface area contributed by atoms with Crippen molar-refractivity contribution in [2.24, 2.45) is 5.92 Å². The van der Waals surface area contributed by atoms with E-state index in [2.05, 4.69) is 41.4 Å². The maximum atomic E-state index is 12.0. The molecule has 2 rings (SSSR count). The van der Waals surface area contributed by atoms with Gasteiger partial charge in [-0.1, -0.05) is 31.2 Å². The second kappa shape index (κ2) is 7.45. The number of carbonyl (C=O) groups is 1. The number of benzene rings is 1. The third-order valence-corrected chi connectivity index (χ3v) is 5.46. The van der Waals surface area contributed by atoms with Crippen molar-refractivity contribution < 1.29 is 13.2 Å². The molecule has 1 aliphatic heterocycles. The summed E-state index contributed by atoms with van der Waals surface area (Å²) >= 11 is 0. The highest BCUT2D eigenvalue weighted by Crippen LogP contribution is 2.19. The minimum Gasteiger partial charge on any atom is -0.354 e. The average molecular weight is 338 g/mol. The Bertz CT molecular complexity index is 658. The number of fused-ring (bicyclic) bond motifs is 1. The van der Waals surface area contributed by atoms with Crippen LogP contribution in [-0.4, -0.2) is 50.4 Å². The quantitative estimate of drug-likeness (QED) is 0.847. The van der Waals surface area contributed by atoms with Gasteiger partial charge in [-0.3, -0.25) is 9.69 Å². The topological polar surface area (TPSA) is 66.5 Å². The molecular formula is C17H26N2O3S. The van der Waals surface area contributed by atoms with E-state index >= 15 is 0 Å². The number of nitrogens with zero attached hydrogens (tertiary/aromatic N) is 1. The molecule has 0 bridgehead atoms. The molecule has 1 aromatic rings. The van der Waals surface area contributed by atoms with Crippen LogP contribution in [0.25, 0.3) is 0 Å². The number of rotatable bonds is 6. The van der Waals surface area contributed by atoms with Crippen molar-refractivity contribution in [1.82, 2.24) is 10.2 Å². The maximum Gasteiger partial charge on any atom is 0.223 e. The van der Waals surface area contributed by atoms with E-state index in [4.69, 9.17) is 0 Å². The van der Waals surface area contributed by atoms with Crippen molar-refractivity contribution in [2.45, 2.75) is 32.9 Å². The third kappa shape index (κ3) is 5.32. The van der Waals surface area contributed by atoms with Crippen LogP contribution >= 0.6 is 0 Å². The van der Waals surface area contributed by atoms with Gasteiger partial charge in [0.15, 0.2) is 0 Å². The largest absolute Gasteiger partial charge is 0.354 e. The Morgan fingerprint density at radius 2 is 1.91 bits per heavy atom. The molecule has 0 saturated heterocycles. The molecule has 128 valence electrons. The number of carbonyl (C=O) groups excluding carboxylic acids is 1. The molecule has 0 radical (unpaired) electrons. The van der Waals surface area contributed by atoms with E-state index in [-0.39, 0.29) is 17.7 Å². The zero-order valence-corrected chi connectivity index (χ0v) is 14.9. The first-order valence-corrected chi connectivity index (χ1v) is 10.1. The standard InChI is InChI=1S/C17H26N2O3S/c1-13(12-23(3,21)22)17(20)18-10-14(2)19-9-8-15-6-4-5-7-16(15)11-19/h4-7,13-14H,8-12H2,1-3H3,(H,18,20). The molecule has 1 aromatic carbocycles. The Balaban J connectivity index is 1.84. The van der Waals surface area contributed by atoms with Crippen molar-refractivity contribution in [1.29, 1.82) is 0 Å². The molecule has 1 N–H and O–H groups in total. The molecule has 1 aliphatic rings. The third-order valence-electron chi connectivity index (χ3n) is 4.36. The summed E-state index contributed by atoms with van der Waals surface area (Å²) in [5, 5.41) is 2.88. The lowest BCUT2D eigenvalue weighted by Gasteiger charge is -2.34. The lowest BCUT2D eigenvalue weighted by molar-refractivity contribution is -0.124. The number of hydrogen-bond acceptors (Lipinski definition) is 4. The molecule has 2 unspecified atom stereocenters. The molecule has 2 atom stereocenters. The van der Waals surface area contributed by atoms with E-state index in [0.29, 0.717) is 6.54 Å². The van der Waals surface area contributed by atoms with Gasteiger partial charge in [-0.2, -0.15) is 0 Å². The number of hydrogen-bond donors (Lipinski definition) is 1. The van der Waals surface area contributed by atoms with Crippen molar-refractivity contribution in [3.63, 3.8) is 0 Å². The molecule has 0 fully saturated rings. The highest BCUT2D eigenvalue weighted by atomic mass is 32.2. The summed E-state index contributed by atoms with van der Waals surface area (Å²) in [5.41, 5.74) is 2.75. The molecule has 0 saturated carbocycles. The first kappa shape index (κ1) is 17.9. The summed E-state index contributed by atoms with van der Waals surface area (Å²) in [6.45, 7) is 6.15. The van der Waals surface area contributed by atoms with Gasteiger partial charge in [-0.15, -0.1) is 0 Å². The smallest absolute Gasteiger partial charge is 0.223 e. The molecule has 5 nitrogen and oxygen atoms in total. The minimum atomic E-state index is -3.13.